The molecular formula is C36H45BN4O2+2. The summed E-state index contributed by atoms with van der Waals surface area (Å²) in [6, 6.07) is 27.7. The molecule has 0 aliphatic rings. The molecule has 0 aliphatic heterocycles. The van der Waals surface area contributed by atoms with Crippen LogP contribution < -0.4 is 10.6 Å². The first-order valence-electron chi connectivity index (χ1n) is 14.9. The SMILES string of the molecule is CCc1ccc(C(=O)Nc2ccc(-c3ccc(NC(=O)c4ccc(C[N+](C)(C)B[N+](C)(C)C)cc4)c(C)c3)cc2C)cc1. The number of carbonyl (C=O) groups excluding carboxylic acids is 2. The fraction of sp³-hybridized carbons (Fsp3) is 0.278. The lowest BCUT2D eigenvalue weighted by atomic mass is 9.97. The van der Waals surface area contributed by atoms with Crippen molar-refractivity contribution in [3.63, 3.8) is 0 Å². The molecule has 222 valence electrons. The predicted molar refractivity (Wildman–Crippen MR) is 181 cm³/mol. The molecular weight excluding hydrogens is 531 g/mol. The van der Waals surface area contributed by atoms with E-state index >= 15 is 0 Å². The number of benzene rings is 4. The predicted octanol–water partition coefficient (Wildman–Crippen LogP) is 6.59. The normalized spacial score (nSPS) is 11.6. The topological polar surface area (TPSA) is 58.2 Å². The van der Waals surface area contributed by atoms with Gasteiger partial charge in [0, 0.05) is 28.1 Å². The average Bonchev–Trinajstić information content (AvgIpc) is 2.94. The molecule has 2 N–H and O–H groups in total. The third-order valence-electron chi connectivity index (χ3n) is 7.54. The number of nitrogens with one attached hydrogen (secondary N) is 2. The molecule has 2 amide bonds. The number of hydrogen-bond acceptors (Lipinski definition) is 2. The molecule has 0 fully saturated rings. The van der Waals surface area contributed by atoms with Crippen molar-refractivity contribution >= 4 is 30.7 Å². The number of carbonyl (C=O) groups is 2. The van der Waals surface area contributed by atoms with E-state index < -0.39 is 0 Å². The van der Waals surface area contributed by atoms with Crippen molar-refractivity contribution in [2.24, 2.45) is 0 Å². The number of anilines is 2. The van der Waals surface area contributed by atoms with Crippen LogP contribution in [0.25, 0.3) is 11.1 Å². The minimum absolute atomic E-state index is 0.119. The number of quaternary nitrogens is 2. The second kappa shape index (κ2) is 13.0. The molecule has 0 saturated heterocycles. The van der Waals surface area contributed by atoms with Crippen molar-refractivity contribution in [3.05, 3.63) is 118 Å². The molecule has 6 nitrogen and oxygen atoms in total. The van der Waals surface area contributed by atoms with E-state index in [0.29, 0.717) is 11.1 Å². The molecule has 0 aromatic heterocycles. The van der Waals surface area contributed by atoms with Gasteiger partial charge in [0.15, 0.2) is 0 Å². The van der Waals surface area contributed by atoms with Crippen LogP contribution in [0.4, 0.5) is 11.4 Å². The van der Waals surface area contributed by atoms with E-state index in [2.05, 4.69) is 77.1 Å². The van der Waals surface area contributed by atoms with Crippen molar-refractivity contribution in [1.82, 2.24) is 0 Å². The van der Waals surface area contributed by atoms with Gasteiger partial charge in [0.05, 0.1) is 41.8 Å². The zero-order chi connectivity index (χ0) is 31.4. The van der Waals surface area contributed by atoms with Gasteiger partial charge in [0.1, 0.15) is 0 Å². The summed E-state index contributed by atoms with van der Waals surface area (Å²) < 4.78 is 1.76. The number of rotatable bonds is 10. The smallest absolute Gasteiger partial charge is 0.345 e. The first kappa shape index (κ1) is 31.7. The minimum Gasteiger partial charge on any atom is -0.345 e. The fourth-order valence-electron chi connectivity index (χ4n) is 5.70. The van der Waals surface area contributed by atoms with Gasteiger partial charge in [-0.15, -0.1) is 0 Å². The highest BCUT2D eigenvalue weighted by Gasteiger charge is 2.31. The maximum Gasteiger partial charge on any atom is 0.657 e. The van der Waals surface area contributed by atoms with Crippen molar-refractivity contribution < 1.29 is 18.4 Å². The van der Waals surface area contributed by atoms with E-state index in [4.69, 9.17) is 0 Å². The molecule has 0 bridgehead atoms. The lowest BCUT2D eigenvalue weighted by Crippen LogP contribution is -2.56. The van der Waals surface area contributed by atoms with Gasteiger partial charge in [0.25, 0.3) is 11.8 Å². The molecule has 4 aromatic carbocycles. The van der Waals surface area contributed by atoms with Crippen LogP contribution in [0, 0.1) is 13.8 Å². The molecule has 0 radical (unpaired) electrons. The zero-order valence-corrected chi connectivity index (χ0v) is 26.9. The van der Waals surface area contributed by atoms with Crippen molar-refractivity contribution in [3.8, 4) is 11.1 Å². The van der Waals surface area contributed by atoms with Gasteiger partial charge in [-0.25, -0.2) is 0 Å². The van der Waals surface area contributed by atoms with Gasteiger partial charge < -0.3 is 19.4 Å². The fourth-order valence-corrected chi connectivity index (χ4v) is 5.70. The third-order valence-corrected chi connectivity index (χ3v) is 7.54. The van der Waals surface area contributed by atoms with Crippen LogP contribution in [0.3, 0.4) is 0 Å². The van der Waals surface area contributed by atoms with Crippen LogP contribution in [-0.2, 0) is 13.0 Å². The van der Waals surface area contributed by atoms with Crippen LogP contribution in [-0.4, -0.2) is 63.4 Å². The third kappa shape index (κ3) is 8.66. The van der Waals surface area contributed by atoms with Crippen LogP contribution in [0.5, 0.6) is 0 Å². The number of aryl methyl sites for hydroxylation is 3. The molecule has 0 unspecified atom stereocenters. The van der Waals surface area contributed by atoms with Crippen LogP contribution >= 0.6 is 0 Å². The molecule has 4 rings (SSSR count). The second-order valence-corrected chi connectivity index (χ2v) is 13.2. The Morgan fingerprint density at radius 1 is 0.628 bits per heavy atom. The van der Waals surface area contributed by atoms with E-state index in [1.807, 2.05) is 74.5 Å². The van der Waals surface area contributed by atoms with Gasteiger partial charge in [-0.3, -0.25) is 9.59 Å². The van der Waals surface area contributed by atoms with Gasteiger partial charge in [-0.1, -0.05) is 43.3 Å². The average molecular weight is 577 g/mol. The second-order valence-electron chi connectivity index (χ2n) is 13.2. The maximum atomic E-state index is 13.1. The van der Waals surface area contributed by atoms with Crippen molar-refractivity contribution in [2.75, 3.05) is 45.9 Å². The number of hydrogen-bond donors (Lipinski definition) is 2. The summed E-state index contributed by atoms with van der Waals surface area (Å²) in [6.45, 7) is 6.99. The molecule has 0 atom stereocenters. The molecule has 0 saturated carbocycles. The highest BCUT2D eigenvalue weighted by molar-refractivity contribution is 6.16. The Kier molecular flexibility index (Phi) is 9.58. The largest absolute Gasteiger partial charge is 0.657 e. The molecule has 0 heterocycles. The number of amides is 2. The lowest BCUT2D eigenvalue weighted by molar-refractivity contribution is -0.888. The zero-order valence-electron chi connectivity index (χ0n) is 26.9. The highest BCUT2D eigenvalue weighted by atomic mass is 16.2. The Morgan fingerprint density at radius 3 is 1.42 bits per heavy atom. The first-order chi connectivity index (χ1) is 20.2. The summed E-state index contributed by atoms with van der Waals surface area (Å²) in [7, 11) is 12.1. The van der Waals surface area contributed by atoms with Crippen LogP contribution in [0.2, 0.25) is 0 Å². The highest BCUT2D eigenvalue weighted by Crippen LogP contribution is 2.29. The van der Waals surface area contributed by atoms with Gasteiger partial charge in [-0.05, 0) is 96.6 Å². The summed E-state index contributed by atoms with van der Waals surface area (Å²) in [5, 5.41) is 6.11. The Hall–Kier alpha value is -4.20. The molecule has 4 aromatic rings. The molecule has 43 heavy (non-hydrogen) atoms. The Bertz CT molecular complexity index is 1600. The Labute approximate surface area is 257 Å². The van der Waals surface area contributed by atoms with Crippen LogP contribution in [0.1, 0.15) is 49.9 Å². The molecule has 0 spiro atoms. The minimum atomic E-state index is -0.122. The maximum absolute atomic E-state index is 13.1. The molecule has 7 heteroatoms. The quantitative estimate of drug-likeness (QED) is 0.210. The summed E-state index contributed by atoms with van der Waals surface area (Å²) in [5.41, 5.74) is 9.32. The Balaban J connectivity index is 1.40. The van der Waals surface area contributed by atoms with E-state index in [0.717, 1.165) is 62.9 Å². The van der Waals surface area contributed by atoms with E-state index in [-0.39, 0.29) is 11.8 Å². The van der Waals surface area contributed by atoms with Crippen molar-refractivity contribution in [2.45, 2.75) is 33.7 Å². The van der Waals surface area contributed by atoms with Crippen molar-refractivity contribution in [1.29, 1.82) is 0 Å². The molecule has 0 aliphatic carbocycles. The van der Waals surface area contributed by atoms with E-state index in [9.17, 15) is 9.59 Å². The van der Waals surface area contributed by atoms with Crippen LogP contribution in [0.15, 0.2) is 84.9 Å². The number of nitrogens with zero attached hydrogens (tertiary/aromatic N) is 2. The summed E-state index contributed by atoms with van der Waals surface area (Å²) in [6.07, 6.45) is 0.944. The van der Waals surface area contributed by atoms with Gasteiger partial charge >= 0.3 is 7.55 Å². The lowest BCUT2D eigenvalue weighted by Gasteiger charge is -2.34. The summed E-state index contributed by atoms with van der Waals surface area (Å²) in [4.78, 5) is 25.8. The standard InChI is InChI=1S/C36H43BN4O2/c1-9-27-10-14-29(15-11-27)35(42)38-33-20-18-31(22-25(33)2)32-19-21-34(26(3)23-32)39-36(43)30-16-12-28(13-17-30)24-41(7,8)37-40(4,5)6/h10-23,37H,9,24H2,1-8H3/p+2. The monoisotopic (exact) mass is 576 g/mol. The summed E-state index contributed by atoms with van der Waals surface area (Å²) >= 11 is 0. The van der Waals surface area contributed by atoms with E-state index in [1.54, 1.807) is 0 Å². The Morgan fingerprint density at radius 2 is 1.05 bits per heavy atom. The van der Waals surface area contributed by atoms with Gasteiger partial charge in [-0.2, -0.15) is 0 Å². The van der Waals surface area contributed by atoms with Gasteiger partial charge in [0.2, 0.25) is 0 Å². The summed E-state index contributed by atoms with van der Waals surface area (Å²) in [5.74, 6) is -0.241. The van der Waals surface area contributed by atoms with E-state index in [1.165, 1.54) is 11.1 Å². The first-order valence-corrected chi connectivity index (χ1v) is 14.9.